The summed E-state index contributed by atoms with van der Waals surface area (Å²) in [7, 11) is 3.43. The SMILES string of the molecule is CCCn1c(NCC(=O)N(C)C)nc2sc3c(c2c1=O)CCCC3. The van der Waals surface area contributed by atoms with Gasteiger partial charge < -0.3 is 10.2 Å². The number of nitrogens with zero attached hydrogens (tertiary/aromatic N) is 3. The molecule has 1 N–H and O–H groups in total. The van der Waals surface area contributed by atoms with Crippen molar-refractivity contribution in [2.45, 2.75) is 45.6 Å². The first-order chi connectivity index (χ1) is 11.5. The standard InChI is InChI=1S/C17H24N4O2S/c1-4-9-21-16(23)14-11-7-5-6-8-12(11)24-15(14)19-17(21)18-10-13(22)20(2)3/h4-10H2,1-3H3,(H,18,19). The Bertz CT molecular complexity index is 822. The van der Waals surface area contributed by atoms with Gasteiger partial charge >= 0.3 is 0 Å². The number of carbonyl (C=O) groups excluding carboxylic acids is 1. The van der Waals surface area contributed by atoms with E-state index in [0.29, 0.717) is 12.5 Å². The lowest BCUT2D eigenvalue weighted by atomic mass is 9.97. The molecule has 1 aliphatic carbocycles. The smallest absolute Gasteiger partial charge is 0.263 e. The predicted molar refractivity (Wildman–Crippen MR) is 98.0 cm³/mol. The zero-order valence-corrected chi connectivity index (χ0v) is 15.3. The van der Waals surface area contributed by atoms with Crippen molar-refractivity contribution in [3.8, 4) is 0 Å². The minimum Gasteiger partial charge on any atom is -0.347 e. The Kier molecular flexibility index (Phi) is 4.89. The largest absolute Gasteiger partial charge is 0.347 e. The molecule has 0 radical (unpaired) electrons. The number of likely N-dealkylation sites (N-methyl/N-ethyl adjacent to an activating group) is 1. The van der Waals surface area contributed by atoms with Crippen LogP contribution >= 0.6 is 11.3 Å². The van der Waals surface area contributed by atoms with Crippen LogP contribution in [0.5, 0.6) is 0 Å². The minimum atomic E-state index is -0.0436. The molecular weight excluding hydrogens is 324 g/mol. The van der Waals surface area contributed by atoms with E-state index in [1.54, 1.807) is 30.0 Å². The molecule has 0 bridgehead atoms. The molecule has 2 heterocycles. The van der Waals surface area contributed by atoms with Gasteiger partial charge in [-0.1, -0.05) is 6.92 Å². The third kappa shape index (κ3) is 3.05. The minimum absolute atomic E-state index is 0.0288. The van der Waals surface area contributed by atoms with E-state index in [1.807, 2.05) is 6.92 Å². The summed E-state index contributed by atoms with van der Waals surface area (Å²) in [6.45, 7) is 2.78. The molecule has 1 amide bonds. The summed E-state index contributed by atoms with van der Waals surface area (Å²) in [4.78, 5) is 33.2. The van der Waals surface area contributed by atoms with Crippen LogP contribution in [0.4, 0.5) is 5.95 Å². The van der Waals surface area contributed by atoms with E-state index in [4.69, 9.17) is 4.98 Å². The lowest BCUT2D eigenvalue weighted by Gasteiger charge is -2.15. The van der Waals surface area contributed by atoms with Gasteiger partial charge in [-0.2, -0.15) is 0 Å². The van der Waals surface area contributed by atoms with Crippen molar-refractivity contribution in [2.24, 2.45) is 0 Å². The molecule has 0 unspecified atom stereocenters. The van der Waals surface area contributed by atoms with Gasteiger partial charge in [0.15, 0.2) is 0 Å². The zero-order chi connectivity index (χ0) is 17.3. The number of amides is 1. The fraction of sp³-hybridized carbons (Fsp3) is 0.588. The molecule has 6 nitrogen and oxygen atoms in total. The quantitative estimate of drug-likeness (QED) is 0.900. The molecule has 0 saturated heterocycles. The number of fused-ring (bicyclic) bond motifs is 3. The number of hydrogen-bond donors (Lipinski definition) is 1. The Balaban J connectivity index is 2.06. The maximum absolute atomic E-state index is 13.0. The van der Waals surface area contributed by atoms with Gasteiger partial charge in [0.1, 0.15) is 4.83 Å². The molecule has 0 fully saturated rings. The number of anilines is 1. The lowest BCUT2D eigenvalue weighted by Crippen LogP contribution is -2.32. The van der Waals surface area contributed by atoms with Crippen molar-refractivity contribution in [3.05, 3.63) is 20.8 Å². The number of nitrogens with one attached hydrogen (secondary N) is 1. The van der Waals surface area contributed by atoms with E-state index in [2.05, 4.69) is 5.32 Å². The second kappa shape index (κ2) is 6.93. The van der Waals surface area contributed by atoms with Crippen molar-refractivity contribution in [1.29, 1.82) is 0 Å². The van der Waals surface area contributed by atoms with Crippen LogP contribution in [0.25, 0.3) is 10.2 Å². The van der Waals surface area contributed by atoms with Crippen LogP contribution in [0.2, 0.25) is 0 Å². The van der Waals surface area contributed by atoms with Crippen LogP contribution in [-0.2, 0) is 24.2 Å². The number of thiophene rings is 1. The van der Waals surface area contributed by atoms with E-state index in [1.165, 1.54) is 21.8 Å². The maximum atomic E-state index is 13.0. The number of aromatic nitrogens is 2. The van der Waals surface area contributed by atoms with Crippen LogP contribution in [0.15, 0.2) is 4.79 Å². The molecule has 1 aliphatic rings. The molecule has 0 saturated carbocycles. The summed E-state index contributed by atoms with van der Waals surface area (Å²) in [5.41, 5.74) is 1.24. The molecule has 0 spiro atoms. The first-order valence-corrected chi connectivity index (χ1v) is 9.33. The molecule has 130 valence electrons. The lowest BCUT2D eigenvalue weighted by molar-refractivity contribution is -0.126. The summed E-state index contributed by atoms with van der Waals surface area (Å²) in [5, 5.41) is 3.86. The van der Waals surface area contributed by atoms with Crippen LogP contribution in [-0.4, -0.2) is 41.0 Å². The highest BCUT2D eigenvalue weighted by Crippen LogP contribution is 2.34. The van der Waals surface area contributed by atoms with Gasteiger partial charge in [0.2, 0.25) is 11.9 Å². The Morgan fingerprint density at radius 3 is 2.79 bits per heavy atom. The molecule has 0 atom stereocenters. The summed E-state index contributed by atoms with van der Waals surface area (Å²) in [6, 6.07) is 0. The van der Waals surface area contributed by atoms with E-state index < -0.39 is 0 Å². The second-order valence-electron chi connectivity index (χ2n) is 6.42. The number of carbonyl (C=O) groups is 1. The van der Waals surface area contributed by atoms with Crippen molar-refractivity contribution in [1.82, 2.24) is 14.5 Å². The van der Waals surface area contributed by atoms with Crippen LogP contribution in [0.3, 0.4) is 0 Å². The maximum Gasteiger partial charge on any atom is 0.263 e. The van der Waals surface area contributed by atoms with Crippen LogP contribution in [0.1, 0.15) is 36.6 Å². The predicted octanol–water partition coefficient (Wildman–Crippen LogP) is 2.25. The Morgan fingerprint density at radius 2 is 2.08 bits per heavy atom. The highest BCUT2D eigenvalue weighted by Gasteiger charge is 2.22. The molecule has 0 aromatic carbocycles. The Morgan fingerprint density at radius 1 is 1.33 bits per heavy atom. The van der Waals surface area contributed by atoms with Gasteiger partial charge in [-0.3, -0.25) is 14.2 Å². The number of rotatable bonds is 5. The highest BCUT2D eigenvalue weighted by molar-refractivity contribution is 7.18. The molecular formula is C17H24N4O2S. The van der Waals surface area contributed by atoms with E-state index in [0.717, 1.165) is 35.9 Å². The van der Waals surface area contributed by atoms with Gasteiger partial charge in [0, 0.05) is 25.5 Å². The second-order valence-corrected chi connectivity index (χ2v) is 7.51. The van der Waals surface area contributed by atoms with Crippen molar-refractivity contribution in [2.75, 3.05) is 26.0 Å². The average Bonchev–Trinajstić information content (AvgIpc) is 2.93. The Labute approximate surface area is 145 Å². The summed E-state index contributed by atoms with van der Waals surface area (Å²) in [5.74, 6) is 0.459. The third-order valence-electron chi connectivity index (χ3n) is 4.42. The van der Waals surface area contributed by atoms with Crippen molar-refractivity contribution < 1.29 is 4.79 Å². The summed E-state index contributed by atoms with van der Waals surface area (Å²) < 4.78 is 1.69. The first-order valence-electron chi connectivity index (χ1n) is 8.52. The van der Waals surface area contributed by atoms with Crippen molar-refractivity contribution >= 4 is 33.4 Å². The van der Waals surface area contributed by atoms with Gasteiger partial charge in [-0.25, -0.2) is 4.98 Å². The monoisotopic (exact) mass is 348 g/mol. The highest BCUT2D eigenvalue weighted by atomic mass is 32.1. The Hall–Kier alpha value is -1.89. The fourth-order valence-corrected chi connectivity index (χ4v) is 4.37. The van der Waals surface area contributed by atoms with E-state index in [9.17, 15) is 9.59 Å². The normalized spacial score (nSPS) is 13.8. The third-order valence-corrected chi connectivity index (χ3v) is 5.60. The summed E-state index contributed by atoms with van der Waals surface area (Å²) >= 11 is 1.64. The topological polar surface area (TPSA) is 67.2 Å². The molecule has 0 aliphatic heterocycles. The molecule has 2 aromatic heterocycles. The molecule has 24 heavy (non-hydrogen) atoms. The first kappa shape index (κ1) is 17.0. The number of aryl methyl sites for hydroxylation is 2. The zero-order valence-electron chi connectivity index (χ0n) is 14.5. The van der Waals surface area contributed by atoms with Crippen LogP contribution < -0.4 is 10.9 Å². The van der Waals surface area contributed by atoms with Gasteiger partial charge in [0.05, 0.1) is 11.9 Å². The van der Waals surface area contributed by atoms with E-state index in [-0.39, 0.29) is 18.0 Å². The fourth-order valence-electron chi connectivity index (χ4n) is 3.12. The molecule has 7 heteroatoms. The number of hydrogen-bond acceptors (Lipinski definition) is 5. The van der Waals surface area contributed by atoms with Gasteiger partial charge in [-0.05, 0) is 37.7 Å². The molecule has 2 aromatic rings. The van der Waals surface area contributed by atoms with Gasteiger partial charge in [-0.15, -0.1) is 11.3 Å². The van der Waals surface area contributed by atoms with Crippen LogP contribution in [0, 0.1) is 0 Å². The van der Waals surface area contributed by atoms with E-state index >= 15 is 0 Å². The molecule has 3 rings (SSSR count). The summed E-state index contributed by atoms with van der Waals surface area (Å²) in [6.07, 6.45) is 5.19. The average molecular weight is 348 g/mol. The van der Waals surface area contributed by atoms with Crippen molar-refractivity contribution in [3.63, 3.8) is 0 Å². The van der Waals surface area contributed by atoms with Gasteiger partial charge in [0.25, 0.3) is 5.56 Å².